The van der Waals surface area contributed by atoms with E-state index in [0.717, 1.165) is 18.6 Å². The van der Waals surface area contributed by atoms with Crippen LogP contribution >= 0.6 is 0 Å². The standard InChI is InChI=1S/C22H23F4N5O3/c23-16-7-14(22(24,25)26)1-2-15(16)17-28-9-13(10-29-19(32)21(4-5-21)20(33)34)18(30-17)31-6-3-12(8-27)11-31/h1-2,7,9,12H,3-6,8,10-11,27H2,(H,29,32)(H,33,34). The van der Waals surface area contributed by atoms with Gasteiger partial charge in [0.1, 0.15) is 17.1 Å². The normalized spacial score (nSPS) is 19.2. The van der Waals surface area contributed by atoms with E-state index in [1.807, 2.05) is 4.90 Å². The predicted octanol–water partition coefficient (Wildman–Crippen LogP) is 2.57. The minimum Gasteiger partial charge on any atom is -0.480 e. The number of benzene rings is 1. The van der Waals surface area contributed by atoms with Crippen molar-refractivity contribution in [2.45, 2.75) is 32.0 Å². The van der Waals surface area contributed by atoms with E-state index in [-0.39, 0.29) is 36.7 Å². The number of carbonyl (C=O) groups excluding carboxylic acids is 1. The minimum absolute atomic E-state index is 0.0528. The van der Waals surface area contributed by atoms with Crippen molar-refractivity contribution < 1.29 is 32.3 Å². The molecule has 1 saturated heterocycles. The van der Waals surface area contributed by atoms with Gasteiger partial charge in [-0.3, -0.25) is 9.59 Å². The Labute approximate surface area is 192 Å². The summed E-state index contributed by atoms with van der Waals surface area (Å²) in [5, 5.41) is 11.9. The SMILES string of the molecule is NCC1CCN(c2nc(-c3ccc(C(F)(F)F)cc3F)ncc2CNC(=O)C2(C(=O)O)CC2)C1. The Morgan fingerprint density at radius 2 is 2.03 bits per heavy atom. The second kappa shape index (κ2) is 8.82. The monoisotopic (exact) mass is 481 g/mol. The van der Waals surface area contributed by atoms with Gasteiger partial charge >= 0.3 is 12.1 Å². The number of nitrogens with two attached hydrogens (primary N) is 1. The van der Waals surface area contributed by atoms with Crippen LogP contribution in [0.2, 0.25) is 0 Å². The number of rotatable bonds is 7. The van der Waals surface area contributed by atoms with Crippen molar-refractivity contribution in [3.63, 3.8) is 0 Å². The third kappa shape index (κ3) is 4.54. The van der Waals surface area contributed by atoms with Crippen LogP contribution in [0, 0.1) is 17.2 Å². The number of hydrogen-bond acceptors (Lipinski definition) is 6. The molecular weight excluding hydrogens is 458 g/mol. The van der Waals surface area contributed by atoms with Gasteiger partial charge in [0.25, 0.3) is 0 Å². The zero-order valence-corrected chi connectivity index (χ0v) is 18.0. The molecule has 2 aliphatic rings. The Balaban J connectivity index is 1.64. The number of anilines is 1. The second-order valence-corrected chi connectivity index (χ2v) is 8.64. The molecule has 34 heavy (non-hydrogen) atoms. The summed E-state index contributed by atoms with van der Waals surface area (Å²) in [6.07, 6.45) is -2.01. The van der Waals surface area contributed by atoms with Crippen LogP contribution in [0.25, 0.3) is 11.4 Å². The molecule has 8 nitrogen and oxygen atoms in total. The molecule has 1 aliphatic carbocycles. The van der Waals surface area contributed by atoms with Crippen LogP contribution in [-0.2, 0) is 22.3 Å². The number of aliphatic carboxylic acids is 1. The maximum Gasteiger partial charge on any atom is 0.416 e. The summed E-state index contributed by atoms with van der Waals surface area (Å²) in [7, 11) is 0. The van der Waals surface area contributed by atoms with Crippen LogP contribution in [0.1, 0.15) is 30.4 Å². The molecule has 2 aromatic rings. The van der Waals surface area contributed by atoms with Crippen molar-refractivity contribution >= 4 is 17.7 Å². The third-order valence-electron chi connectivity index (χ3n) is 6.33. The number of hydrogen-bond donors (Lipinski definition) is 3. The fraction of sp³-hybridized carbons (Fsp3) is 0.455. The number of aromatic nitrogens is 2. The summed E-state index contributed by atoms with van der Waals surface area (Å²) in [6, 6.07) is 2.14. The van der Waals surface area contributed by atoms with E-state index >= 15 is 0 Å². The molecule has 2 fully saturated rings. The zero-order valence-electron chi connectivity index (χ0n) is 18.0. The van der Waals surface area contributed by atoms with E-state index in [1.54, 1.807) is 0 Å². The van der Waals surface area contributed by atoms with Crippen molar-refractivity contribution in [2.24, 2.45) is 17.1 Å². The zero-order chi connectivity index (χ0) is 24.7. The van der Waals surface area contributed by atoms with E-state index in [4.69, 9.17) is 5.73 Å². The third-order valence-corrected chi connectivity index (χ3v) is 6.33. The van der Waals surface area contributed by atoms with E-state index in [0.29, 0.717) is 37.1 Å². The fourth-order valence-electron chi connectivity index (χ4n) is 4.02. The first-order chi connectivity index (χ1) is 16.0. The highest BCUT2D eigenvalue weighted by atomic mass is 19.4. The Morgan fingerprint density at radius 3 is 2.59 bits per heavy atom. The Morgan fingerprint density at radius 1 is 1.29 bits per heavy atom. The van der Waals surface area contributed by atoms with Gasteiger partial charge in [-0.15, -0.1) is 0 Å². The lowest BCUT2D eigenvalue weighted by atomic mass is 10.1. The largest absolute Gasteiger partial charge is 0.480 e. The number of nitrogens with zero attached hydrogens (tertiary/aromatic N) is 3. The van der Waals surface area contributed by atoms with Crippen LogP contribution in [0.15, 0.2) is 24.4 Å². The van der Waals surface area contributed by atoms with Gasteiger partial charge in [-0.2, -0.15) is 13.2 Å². The van der Waals surface area contributed by atoms with E-state index in [9.17, 15) is 32.3 Å². The number of carbonyl (C=O) groups is 2. The molecule has 12 heteroatoms. The van der Waals surface area contributed by atoms with Gasteiger partial charge in [-0.25, -0.2) is 14.4 Å². The second-order valence-electron chi connectivity index (χ2n) is 8.64. The molecule has 1 amide bonds. The average molecular weight is 481 g/mol. The molecule has 1 unspecified atom stereocenters. The Bertz CT molecular complexity index is 1120. The van der Waals surface area contributed by atoms with Crippen LogP contribution in [0.3, 0.4) is 0 Å². The lowest BCUT2D eigenvalue weighted by Crippen LogP contribution is -2.37. The van der Waals surface area contributed by atoms with Crippen molar-refractivity contribution in [2.75, 3.05) is 24.5 Å². The number of halogens is 4. The Kier molecular flexibility index (Phi) is 6.19. The first-order valence-corrected chi connectivity index (χ1v) is 10.7. The highest BCUT2D eigenvalue weighted by Gasteiger charge is 2.57. The highest BCUT2D eigenvalue weighted by molar-refractivity contribution is 6.04. The number of carboxylic acids is 1. The molecule has 1 atom stereocenters. The van der Waals surface area contributed by atoms with Crippen molar-refractivity contribution in [3.05, 3.63) is 41.3 Å². The minimum atomic E-state index is -4.69. The number of carboxylic acid groups (broad SMARTS) is 1. The summed E-state index contributed by atoms with van der Waals surface area (Å²) in [6.45, 7) is 1.55. The van der Waals surface area contributed by atoms with Crippen molar-refractivity contribution in [1.82, 2.24) is 15.3 Å². The van der Waals surface area contributed by atoms with Gasteiger partial charge in [0.15, 0.2) is 5.82 Å². The molecule has 182 valence electrons. The number of alkyl halides is 3. The molecule has 0 spiro atoms. The molecule has 4 N–H and O–H groups in total. The lowest BCUT2D eigenvalue weighted by molar-refractivity contribution is -0.149. The number of nitrogens with one attached hydrogen (secondary N) is 1. The fourth-order valence-corrected chi connectivity index (χ4v) is 4.02. The quantitative estimate of drug-likeness (QED) is 0.411. The van der Waals surface area contributed by atoms with Gasteiger partial charge in [-0.1, -0.05) is 0 Å². The lowest BCUT2D eigenvalue weighted by Gasteiger charge is -2.22. The van der Waals surface area contributed by atoms with Gasteiger partial charge in [0.2, 0.25) is 5.91 Å². The van der Waals surface area contributed by atoms with Gasteiger partial charge < -0.3 is 21.1 Å². The average Bonchev–Trinajstić information content (AvgIpc) is 3.48. The van der Waals surface area contributed by atoms with Crippen LogP contribution in [-0.4, -0.2) is 46.6 Å². The molecule has 0 radical (unpaired) electrons. The van der Waals surface area contributed by atoms with Gasteiger partial charge in [0.05, 0.1) is 11.1 Å². The first-order valence-electron chi connectivity index (χ1n) is 10.7. The summed E-state index contributed by atoms with van der Waals surface area (Å²) in [5.74, 6) is -2.41. The van der Waals surface area contributed by atoms with E-state index in [2.05, 4.69) is 15.3 Å². The maximum atomic E-state index is 14.5. The molecule has 4 rings (SSSR count). The predicted molar refractivity (Wildman–Crippen MR) is 113 cm³/mol. The van der Waals surface area contributed by atoms with Gasteiger partial charge in [0, 0.05) is 31.4 Å². The molecule has 2 heterocycles. The molecule has 1 aromatic heterocycles. The maximum absolute atomic E-state index is 14.5. The first kappa shape index (κ1) is 23.9. The number of amides is 1. The summed E-state index contributed by atoms with van der Waals surface area (Å²) in [4.78, 5) is 34.2. The smallest absolute Gasteiger partial charge is 0.416 e. The van der Waals surface area contributed by atoms with Crippen LogP contribution in [0.5, 0.6) is 0 Å². The highest BCUT2D eigenvalue weighted by Crippen LogP contribution is 2.46. The van der Waals surface area contributed by atoms with Crippen LogP contribution in [0.4, 0.5) is 23.4 Å². The van der Waals surface area contributed by atoms with E-state index in [1.165, 1.54) is 6.20 Å². The van der Waals surface area contributed by atoms with Crippen molar-refractivity contribution in [3.8, 4) is 11.4 Å². The van der Waals surface area contributed by atoms with Gasteiger partial charge in [-0.05, 0) is 49.9 Å². The van der Waals surface area contributed by atoms with Crippen molar-refractivity contribution in [1.29, 1.82) is 0 Å². The molecule has 1 aromatic carbocycles. The molecule has 1 saturated carbocycles. The summed E-state index contributed by atoms with van der Waals surface area (Å²) >= 11 is 0. The topological polar surface area (TPSA) is 121 Å². The van der Waals surface area contributed by atoms with E-state index < -0.39 is 34.8 Å². The molecule has 0 bridgehead atoms. The Hall–Kier alpha value is -3.28. The summed E-state index contributed by atoms with van der Waals surface area (Å²) < 4.78 is 53.2. The van der Waals surface area contributed by atoms with Crippen LogP contribution < -0.4 is 16.0 Å². The molecule has 1 aliphatic heterocycles. The summed E-state index contributed by atoms with van der Waals surface area (Å²) in [5.41, 5.74) is 3.52. The molecular formula is C22H23F4N5O3.